The average molecular weight is 256 g/mol. The summed E-state index contributed by atoms with van der Waals surface area (Å²) in [6.07, 6.45) is 1.65. The first-order chi connectivity index (χ1) is 7.68. The van der Waals surface area contributed by atoms with Gasteiger partial charge in [-0.05, 0) is 26.7 Å². The van der Waals surface area contributed by atoms with Crippen molar-refractivity contribution in [1.82, 2.24) is 4.98 Å². The summed E-state index contributed by atoms with van der Waals surface area (Å²) >= 11 is 1.38. The van der Waals surface area contributed by atoms with Crippen molar-refractivity contribution < 1.29 is 9.53 Å². The van der Waals surface area contributed by atoms with Crippen LogP contribution in [0.25, 0.3) is 0 Å². The Morgan fingerprint density at radius 3 is 2.41 bits per heavy atom. The van der Waals surface area contributed by atoms with Crippen molar-refractivity contribution in [3.63, 3.8) is 0 Å². The second-order valence-electron chi connectivity index (χ2n) is 5.36. The zero-order valence-corrected chi connectivity index (χ0v) is 11.8. The van der Waals surface area contributed by atoms with E-state index in [0.717, 1.165) is 0 Å². The summed E-state index contributed by atoms with van der Waals surface area (Å²) in [4.78, 5) is 16.4. The van der Waals surface area contributed by atoms with E-state index < -0.39 is 17.1 Å². The van der Waals surface area contributed by atoms with E-state index >= 15 is 0 Å². The minimum Gasteiger partial charge on any atom is -0.458 e. The lowest BCUT2D eigenvalue weighted by Crippen LogP contribution is -2.52. The highest BCUT2D eigenvalue weighted by atomic mass is 32.1. The molecule has 0 fully saturated rings. The molecule has 1 heterocycles. The Kier molecular flexibility index (Phi) is 3.94. The number of carbonyl (C=O) groups excluding carboxylic acids is 1. The SMILES string of the molecule is CC(C)[C@@](N)(C(=O)OC(C)(C)C)c1nccs1. The molecule has 96 valence electrons. The van der Waals surface area contributed by atoms with Gasteiger partial charge in [0.2, 0.25) is 0 Å². The Labute approximate surface area is 106 Å². The van der Waals surface area contributed by atoms with Gasteiger partial charge in [-0.1, -0.05) is 13.8 Å². The number of aromatic nitrogens is 1. The summed E-state index contributed by atoms with van der Waals surface area (Å²) < 4.78 is 5.39. The molecule has 0 bridgehead atoms. The van der Waals surface area contributed by atoms with Crippen molar-refractivity contribution in [2.24, 2.45) is 11.7 Å². The molecule has 0 aromatic carbocycles. The van der Waals surface area contributed by atoms with Crippen LogP contribution < -0.4 is 5.73 Å². The lowest BCUT2D eigenvalue weighted by molar-refractivity contribution is -0.164. The minimum absolute atomic E-state index is 0.0801. The molecule has 0 saturated heterocycles. The van der Waals surface area contributed by atoms with Crippen LogP contribution in [-0.4, -0.2) is 16.6 Å². The standard InChI is InChI=1S/C12H20N2O2S/c1-8(2)12(13,9-14-6-7-17-9)10(15)16-11(3,4)5/h6-8H,13H2,1-5H3/t12-/m0/s1. The van der Waals surface area contributed by atoms with Crippen molar-refractivity contribution in [3.8, 4) is 0 Å². The number of rotatable bonds is 3. The van der Waals surface area contributed by atoms with Gasteiger partial charge >= 0.3 is 5.97 Å². The molecule has 17 heavy (non-hydrogen) atoms. The van der Waals surface area contributed by atoms with Crippen LogP contribution in [0.4, 0.5) is 0 Å². The summed E-state index contributed by atoms with van der Waals surface area (Å²) in [6.45, 7) is 9.27. The van der Waals surface area contributed by atoms with E-state index in [1.807, 2.05) is 40.0 Å². The molecule has 0 aliphatic heterocycles. The zero-order valence-electron chi connectivity index (χ0n) is 11.0. The number of esters is 1. The third kappa shape index (κ3) is 3.04. The second kappa shape index (κ2) is 4.74. The maximum absolute atomic E-state index is 12.2. The number of nitrogens with two attached hydrogens (primary N) is 1. The van der Waals surface area contributed by atoms with E-state index in [1.165, 1.54) is 11.3 Å². The fourth-order valence-electron chi connectivity index (χ4n) is 1.36. The number of hydrogen-bond acceptors (Lipinski definition) is 5. The van der Waals surface area contributed by atoms with E-state index in [0.29, 0.717) is 5.01 Å². The van der Waals surface area contributed by atoms with E-state index in [9.17, 15) is 4.79 Å². The van der Waals surface area contributed by atoms with Crippen molar-refractivity contribution >= 4 is 17.3 Å². The normalized spacial score (nSPS) is 15.7. The highest BCUT2D eigenvalue weighted by Crippen LogP contribution is 2.31. The molecule has 2 N–H and O–H groups in total. The van der Waals surface area contributed by atoms with E-state index in [1.54, 1.807) is 6.20 Å². The Morgan fingerprint density at radius 2 is 2.06 bits per heavy atom. The van der Waals surface area contributed by atoms with Crippen LogP contribution in [0.2, 0.25) is 0 Å². The van der Waals surface area contributed by atoms with E-state index in [-0.39, 0.29) is 5.92 Å². The third-order valence-electron chi connectivity index (χ3n) is 2.43. The van der Waals surface area contributed by atoms with Gasteiger partial charge in [0.05, 0.1) is 0 Å². The number of carbonyl (C=O) groups is 1. The molecule has 1 rings (SSSR count). The molecule has 0 aliphatic carbocycles. The van der Waals surface area contributed by atoms with E-state index in [4.69, 9.17) is 10.5 Å². The highest BCUT2D eigenvalue weighted by molar-refractivity contribution is 7.09. The Hall–Kier alpha value is -0.940. The Morgan fingerprint density at radius 1 is 1.47 bits per heavy atom. The molecule has 0 saturated carbocycles. The Bertz CT molecular complexity index is 382. The van der Waals surface area contributed by atoms with Gasteiger partial charge in [-0.25, -0.2) is 9.78 Å². The number of thiazole rings is 1. The van der Waals surface area contributed by atoms with Gasteiger partial charge in [0, 0.05) is 11.6 Å². The van der Waals surface area contributed by atoms with Gasteiger partial charge < -0.3 is 10.5 Å². The minimum atomic E-state index is -1.17. The average Bonchev–Trinajstić information content (AvgIpc) is 2.65. The zero-order chi connectivity index (χ0) is 13.3. The number of ether oxygens (including phenoxy) is 1. The molecule has 0 unspecified atom stereocenters. The van der Waals surface area contributed by atoms with Crippen LogP contribution in [0.1, 0.15) is 39.6 Å². The summed E-state index contributed by atoms with van der Waals surface area (Å²) in [5.41, 5.74) is 4.52. The molecule has 1 aromatic rings. The first-order valence-electron chi connectivity index (χ1n) is 5.60. The molecule has 0 amide bonds. The lowest BCUT2D eigenvalue weighted by atomic mass is 9.88. The predicted molar refractivity (Wildman–Crippen MR) is 68.7 cm³/mol. The topological polar surface area (TPSA) is 65.2 Å². The van der Waals surface area contributed by atoms with Crippen LogP contribution in [0.15, 0.2) is 11.6 Å². The van der Waals surface area contributed by atoms with Crippen LogP contribution in [-0.2, 0) is 15.1 Å². The number of nitrogens with zero attached hydrogens (tertiary/aromatic N) is 1. The molecule has 0 radical (unpaired) electrons. The summed E-state index contributed by atoms with van der Waals surface area (Å²) in [6, 6.07) is 0. The molecular formula is C12H20N2O2S. The van der Waals surface area contributed by atoms with Gasteiger partial charge in [-0.2, -0.15) is 0 Å². The smallest absolute Gasteiger partial charge is 0.334 e. The van der Waals surface area contributed by atoms with Crippen molar-refractivity contribution in [3.05, 3.63) is 16.6 Å². The van der Waals surface area contributed by atoms with Crippen molar-refractivity contribution in [2.45, 2.75) is 45.8 Å². The maximum atomic E-state index is 12.2. The quantitative estimate of drug-likeness (QED) is 0.843. The molecular weight excluding hydrogens is 236 g/mol. The largest absolute Gasteiger partial charge is 0.458 e. The van der Waals surface area contributed by atoms with Crippen LogP contribution in [0.5, 0.6) is 0 Å². The first kappa shape index (κ1) is 14.1. The van der Waals surface area contributed by atoms with Crippen molar-refractivity contribution in [2.75, 3.05) is 0 Å². The molecule has 0 spiro atoms. The van der Waals surface area contributed by atoms with Gasteiger partial charge in [0.15, 0.2) is 5.54 Å². The van der Waals surface area contributed by atoms with Crippen molar-refractivity contribution in [1.29, 1.82) is 0 Å². The van der Waals surface area contributed by atoms with Gasteiger partial charge in [0.25, 0.3) is 0 Å². The molecule has 0 aliphatic rings. The predicted octanol–water partition coefficient (Wildman–Crippen LogP) is 2.29. The van der Waals surface area contributed by atoms with E-state index in [2.05, 4.69) is 4.98 Å². The first-order valence-corrected chi connectivity index (χ1v) is 6.48. The molecule has 4 nitrogen and oxygen atoms in total. The fraction of sp³-hybridized carbons (Fsp3) is 0.667. The van der Waals surface area contributed by atoms with Crippen LogP contribution in [0, 0.1) is 5.92 Å². The molecule has 5 heteroatoms. The second-order valence-corrected chi connectivity index (χ2v) is 6.26. The maximum Gasteiger partial charge on any atom is 0.334 e. The molecule has 1 atom stereocenters. The third-order valence-corrected chi connectivity index (χ3v) is 3.36. The van der Waals surface area contributed by atoms with Crippen LogP contribution >= 0.6 is 11.3 Å². The fourth-order valence-corrected chi connectivity index (χ4v) is 2.25. The van der Waals surface area contributed by atoms with Crippen LogP contribution in [0.3, 0.4) is 0 Å². The molecule has 1 aromatic heterocycles. The number of hydrogen-bond donors (Lipinski definition) is 1. The highest BCUT2D eigenvalue weighted by Gasteiger charge is 2.44. The van der Waals surface area contributed by atoms with Gasteiger partial charge in [0.1, 0.15) is 10.6 Å². The lowest BCUT2D eigenvalue weighted by Gasteiger charge is -2.32. The monoisotopic (exact) mass is 256 g/mol. The summed E-state index contributed by atoms with van der Waals surface area (Å²) in [5, 5.41) is 2.41. The van der Waals surface area contributed by atoms with Gasteiger partial charge in [-0.15, -0.1) is 11.3 Å². The Balaban J connectivity index is 3.06. The summed E-state index contributed by atoms with van der Waals surface area (Å²) in [7, 11) is 0. The van der Waals surface area contributed by atoms with Gasteiger partial charge in [-0.3, -0.25) is 0 Å². The summed E-state index contributed by atoms with van der Waals surface area (Å²) in [5.74, 6) is -0.501.